The summed E-state index contributed by atoms with van der Waals surface area (Å²) < 4.78 is 7.13. The Morgan fingerprint density at radius 2 is 1.96 bits per heavy atom. The highest BCUT2D eigenvalue weighted by Crippen LogP contribution is 2.19. The van der Waals surface area contributed by atoms with Gasteiger partial charge in [0.1, 0.15) is 5.76 Å². The number of aromatic nitrogens is 2. The Kier molecular flexibility index (Phi) is 4.38. The van der Waals surface area contributed by atoms with Crippen LogP contribution in [-0.4, -0.2) is 21.9 Å². The van der Waals surface area contributed by atoms with Gasteiger partial charge < -0.3 is 14.4 Å². The van der Waals surface area contributed by atoms with Gasteiger partial charge in [0.05, 0.1) is 17.9 Å². The molecule has 0 fully saturated rings. The molecule has 7 nitrogen and oxygen atoms in total. The van der Waals surface area contributed by atoms with Gasteiger partial charge in [0.2, 0.25) is 0 Å². The van der Waals surface area contributed by atoms with Gasteiger partial charge in [-0.3, -0.25) is 9.99 Å². The van der Waals surface area contributed by atoms with E-state index in [1.165, 1.54) is 12.1 Å². The van der Waals surface area contributed by atoms with Crippen molar-refractivity contribution in [2.75, 3.05) is 5.43 Å². The second-order valence-electron chi connectivity index (χ2n) is 5.69. The minimum Gasteiger partial charge on any atom is -0.545 e. The number of nitrogens with zero attached hydrogens (tertiary/aromatic N) is 3. The Labute approximate surface area is 144 Å². The molecule has 1 N–H and O–H groups in total. The van der Waals surface area contributed by atoms with Gasteiger partial charge in [-0.15, -0.1) is 0 Å². The summed E-state index contributed by atoms with van der Waals surface area (Å²) in [6.45, 7) is 5.82. The van der Waals surface area contributed by atoms with Crippen LogP contribution in [0.15, 0.2) is 46.0 Å². The monoisotopic (exact) mass is 337 g/mol. The van der Waals surface area contributed by atoms with Crippen LogP contribution in [-0.2, 0) is 0 Å². The molecular formula is C18H17N4O3-. The van der Waals surface area contributed by atoms with E-state index in [-0.39, 0.29) is 5.56 Å². The number of aryl methyl sites for hydroxylation is 2. The maximum absolute atomic E-state index is 10.7. The predicted octanol–water partition coefficient (Wildman–Crippen LogP) is 2.20. The predicted molar refractivity (Wildman–Crippen MR) is 92.0 cm³/mol. The first-order valence-corrected chi connectivity index (χ1v) is 7.69. The van der Waals surface area contributed by atoms with Crippen LogP contribution in [0, 0.1) is 20.8 Å². The minimum atomic E-state index is -1.20. The summed E-state index contributed by atoms with van der Waals surface area (Å²) in [5, 5.41) is 19.0. The van der Waals surface area contributed by atoms with Crippen LogP contribution in [0.25, 0.3) is 5.82 Å². The number of nitrogens with one attached hydrogen (secondary N) is 1. The van der Waals surface area contributed by atoms with Crippen molar-refractivity contribution in [2.24, 2.45) is 5.10 Å². The standard InChI is InChI=1S/C18H18N4O3/c1-11-8-15(13(3)22(11)17-9-12(2)25-21-17)10-19-20-16-6-4-14(5-7-16)18(23)24/h4-10,20H,1-3H3,(H,23,24)/p-1/b19-10-. The number of rotatable bonds is 5. The Balaban J connectivity index is 1.77. The summed E-state index contributed by atoms with van der Waals surface area (Å²) in [5.41, 5.74) is 6.63. The number of carbonyl (C=O) groups is 1. The van der Waals surface area contributed by atoms with E-state index >= 15 is 0 Å². The van der Waals surface area contributed by atoms with Crippen LogP contribution in [0.3, 0.4) is 0 Å². The average Bonchev–Trinajstić information content (AvgIpc) is 3.11. The summed E-state index contributed by atoms with van der Waals surface area (Å²) in [4.78, 5) is 10.7. The zero-order chi connectivity index (χ0) is 18.0. The molecule has 25 heavy (non-hydrogen) atoms. The molecule has 0 saturated carbocycles. The van der Waals surface area contributed by atoms with Gasteiger partial charge in [-0.1, -0.05) is 17.3 Å². The van der Waals surface area contributed by atoms with E-state index in [4.69, 9.17) is 4.52 Å². The van der Waals surface area contributed by atoms with Crippen molar-refractivity contribution in [2.45, 2.75) is 20.8 Å². The lowest BCUT2D eigenvalue weighted by Crippen LogP contribution is -2.21. The molecule has 0 aliphatic rings. The molecule has 128 valence electrons. The van der Waals surface area contributed by atoms with Gasteiger partial charge in [-0.25, -0.2) is 0 Å². The number of benzene rings is 1. The second kappa shape index (κ2) is 6.64. The Morgan fingerprint density at radius 3 is 2.56 bits per heavy atom. The number of hydrogen-bond acceptors (Lipinski definition) is 6. The van der Waals surface area contributed by atoms with Crippen molar-refractivity contribution in [3.63, 3.8) is 0 Å². The van der Waals surface area contributed by atoms with Crippen molar-refractivity contribution < 1.29 is 14.4 Å². The third-order valence-electron chi connectivity index (χ3n) is 3.83. The van der Waals surface area contributed by atoms with Crippen molar-refractivity contribution in [3.05, 3.63) is 64.7 Å². The molecule has 3 aromatic rings. The van der Waals surface area contributed by atoms with E-state index in [1.54, 1.807) is 18.3 Å². The molecule has 0 spiro atoms. The summed E-state index contributed by atoms with van der Waals surface area (Å²) in [6.07, 6.45) is 1.71. The van der Waals surface area contributed by atoms with Crippen LogP contribution in [0.4, 0.5) is 5.69 Å². The van der Waals surface area contributed by atoms with Crippen LogP contribution in [0.1, 0.15) is 33.1 Å². The van der Waals surface area contributed by atoms with Gasteiger partial charge >= 0.3 is 0 Å². The number of aromatic carboxylic acids is 1. The highest BCUT2D eigenvalue weighted by atomic mass is 16.5. The van der Waals surface area contributed by atoms with Gasteiger partial charge in [0.15, 0.2) is 5.82 Å². The summed E-state index contributed by atoms with van der Waals surface area (Å²) in [7, 11) is 0. The zero-order valence-corrected chi connectivity index (χ0v) is 14.1. The van der Waals surface area contributed by atoms with Crippen LogP contribution < -0.4 is 10.5 Å². The highest BCUT2D eigenvalue weighted by Gasteiger charge is 2.12. The van der Waals surface area contributed by atoms with E-state index in [2.05, 4.69) is 15.7 Å². The molecule has 2 aromatic heterocycles. The number of hydrazone groups is 1. The normalized spacial score (nSPS) is 11.2. The van der Waals surface area contributed by atoms with Crippen LogP contribution in [0.2, 0.25) is 0 Å². The number of carboxylic acids is 1. The van der Waals surface area contributed by atoms with E-state index in [1.807, 2.05) is 37.5 Å². The molecule has 7 heteroatoms. The second-order valence-corrected chi connectivity index (χ2v) is 5.69. The van der Waals surface area contributed by atoms with E-state index in [9.17, 15) is 9.90 Å². The molecule has 0 amide bonds. The minimum absolute atomic E-state index is 0.126. The number of carboxylic acid groups (broad SMARTS) is 1. The quantitative estimate of drug-likeness (QED) is 0.569. The third kappa shape index (κ3) is 3.45. The lowest BCUT2D eigenvalue weighted by atomic mass is 10.2. The molecule has 0 aliphatic heterocycles. The fourth-order valence-corrected chi connectivity index (χ4v) is 2.59. The van der Waals surface area contributed by atoms with Gasteiger partial charge in [-0.2, -0.15) is 5.10 Å². The summed E-state index contributed by atoms with van der Waals surface area (Å²) in [6, 6.07) is 10.1. The average molecular weight is 337 g/mol. The lowest BCUT2D eigenvalue weighted by Gasteiger charge is -2.04. The highest BCUT2D eigenvalue weighted by molar-refractivity contribution is 5.86. The van der Waals surface area contributed by atoms with Gasteiger partial charge in [-0.05, 0) is 44.5 Å². The maximum Gasteiger partial charge on any atom is 0.180 e. The SMILES string of the molecule is Cc1cc(-n2c(C)cc(/C=N\Nc3ccc(C(=O)[O-])cc3)c2C)no1. The first-order valence-electron chi connectivity index (χ1n) is 7.69. The number of anilines is 1. The van der Waals surface area contributed by atoms with E-state index in [0.29, 0.717) is 5.69 Å². The largest absolute Gasteiger partial charge is 0.545 e. The van der Waals surface area contributed by atoms with Crippen molar-refractivity contribution in [1.29, 1.82) is 0 Å². The molecule has 0 unspecified atom stereocenters. The van der Waals surface area contributed by atoms with Gasteiger partial charge in [0.25, 0.3) is 0 Å². The van der Waals surface area contributed by atoms with Crippen LogP contribution in [0.5, 0.6) is 0 Å². The Hall–Kier alpha value is -3.35. The summed E-state index contributed by atoms with van der Waals surface area (Å²) in [5.74, 6) is 0.281. The number of carbonyl (C=O) groups excluding carboxylic acids is 1. The smallest absolute Gasteiger partial charge is 0.180 e. The first-order chi connectivity index (χ1) is 12.0. The fourth-order valence-electron chi connectivity index (χ4n) is 2.59. The van der Waals surface area contributed by atoms with Crippen molar-refractivity contribution >= 4 is 17.9 Å². The van der Waals surface area contributed by atoms with E-state index in [0.717, 1.165) is 28.5 Å². The molecule has 2 heterocycles. The van der Waals surface area contributed by atoms with Gasteiger partial charge in [0, 0.05) is 23.0 Å². The number of hydrogen-bond donors (Lipinski definition) is 1. The van der Waals surface area contributed by atoms with Crippen molar-refractivity contribution in [1.82, 2.24) is 9.72 Å². The molecule has 0 bridgehead atoms. The lowest BCUT2D eigenvalue weighted by molar-refractivity contribution is -0.255. The van der Waals surface area contributed by atoms with Crippen molar-refractivity contribution in [3.8, 4) is 5.82 Å². The summed E-state index contributed by atoms with van der Waals surface area (Å²) >= 11 is 0. The Morgan fingerprint density at radius 1 is 1.24 bits per heavy atom. The van der Waals surface area contributed by atoms with E-state index < -0.39 is 5.97 Å². The zero-order valence-electron chi connectivity index (χ0n) is 14.1. The first kappa shape index (κ1) is 16.5. The fraction of sp³-hybridized carbons (Fsp3) is 0.167. The molecule has 3 rings (SSSR count). The topological polar surface area (TPSA) is 95.5 Å². The molecule has 0 saturated heterocycles. The molecule has 0 aliphatic carbocycles. The molecular weight excluding hydrogens is 320 g/mol. The Bertz CT molecular complexity index is 936. The molecule has 0 radical (unpaired) electrons. The molecule has 1 aromatic carbocycles. The van der Waals surface area contributed by atoms with Crippen LogP contribution >= 0.6 is 0 Å². The maximum atomic E-state index is 10.7. The molecule has 0 atom stereocenters. The third-order valence-corrected chi connectivity index (χ3v) is 3.83.